The number of hydrogen-bond donors (Lipinski definition) is 3. The summed E-state index contributed by atoms with van der Waals surface area (Å²) in [7, 11) is 3.52. The summed E-state index contributed by atoms with van der Waals surface area (Å²) >= 11 is 0. The summed E-state index contributed by atoms with van der Waals surface area (Å²) < 4.78 is 5.52. The smallest absolute Gasteiger partial charge is 0.407 e. The number of nitrogens with zero attached hydrogens (tertiary/aromatic N) is 1. The molecule has 0 fully saturated rings. The van der Waals surface area contributed by atoms with Crippen LogP contribution < -0.4 is 10.6 Å². The Hall–Kier alpha value is -3.39. The first-order valence-electron chi connectivity index (χ1n) is 10.6. The van der Waals surface area contributed by atoms with Crippen LogP contribution in [0.4, 0.5) is 4.79 Å². The normalized spacial score (nSPS) is 14.2. The molecular weight excluding hydrogens is 410 g/mol. The van der Waals surface area contributed by atoms with Crippen molar-refractivity contribution in [2.75, 3.05) is 27.2 Å². The Bertz CT molecular complexity index is 946. The molecule has 0 saturated carbocycles. The third-order valence-electron chi connectivity index (χ3n) is 5.52. The second kappa shape index (κ2) is 10.3. The summed E-state index contributed by atoms with van der Waals surface area (Å²) in [6.07, 6.45) is -0.488. The van der Waals surface area contributed by atoms with Crippen molar-refractivity contribution in [1.82, 2.24) is 15.5 Å². The Morgan fingerprint density at radius 2 is 1.53 bits per heavy atom. The lowest BCUT2D eigenvalue weighted by atomic mass is 9.98. The number of carboxylic acid groups (broad SMARTS) is 1. The zero-order chi connectivity index (χ0) is 23.3. The standard InChI is InChI=1S/C24H29N3O5/c1-4-20(23(29)30)25-22(28)21(13-27(2)3)26-24(31)32-14-19-17-11-7-5-9-15(17)16-10-6-8-12-18(16)19/h5-12,19-21H,4,13-14H2,1-3H3,(H,25,28)(H,26,31)(H,29,30). The number of alkyl carbamates (subject to hydrolysis) is 1. The second-order valence-corrected chi connectivity index (χ2v) is 8.09. The first-order chi connectivity index (χ1) is 15.3. The molecule has 8 nitrogen and oxygen atoms in total. The fourth-order valence-electron chi connectivity index (χ4n) is 3.95. The van der Waals surface area contributed by atoms with Gasteiger partial charge in [-0.2, -0.15) is 0 Å². The number of rotatable bonds is 9. The van der Waals surface area contributed by atoms with Crippen molar-refractivity contribution < 1.29 is 24.2 Å². The molecule has 0 bridgehead atoms. The fourth-order valence-corrected chi connectivity index (χ4v) is 3.95. The summed E-state index contributed by atoms with van der Waals surface area (Å²) in [5.74, 6) is -1.78. The van der Waals surface area contributed by atoms with Crippen LogP contribution in [0.5, 0.6) is 0 Å². The first kappa shape index (κ1) is 23.3. The lowest BCUT2D eigenvalue weighted by molar-refractivity contribution is -0.142. The van der Waals surface area contributed by atoms with E-state index in [-0.39, 0.29) is 25.5 Å². The molecule has 3 N–H and O–H groups in total. The molecule has 2 atom stereocenters. The van der Waals surface area contributed by atoms with Crippen molar-refractivity contribution >= 4 is 18.0 Å². The van der Waals surface area contributed by atoms with Crippen LogP contribution >= 0.6 is 0 Å². The van der Waals surface area contributed by atoms with Crippen molar-refractivity contribution in [1.29, 1.82) is 0 Å². The summed E-state index contributed by atoms with van der Waals surface area (Å²) in [6, 6.07) is 14.1. The quantitative estimate of drug-likeness (QED) is 0.554. The Kier molecular flexibility index (Phi) is 7.48. The minimum absolute atomic E-state index is 0.0919. The number of aliphatic carboxylic acids is 1. The molecule has 3 rings (SSSR count). The van der Waals surface area contributed by atoms with Crippen LogP contribution in [0.1, 0.15) is 30.4 Å². The number of hydrogen-bond acceptors (Lipinski definition) is 5. The predicted molar refractivity (Wildman–Crippen MR) is 120 cm³/mol. The molecule has 0 saturated heterocycles. The van der Waals surface area contributed by atoms with Crippen LogP contribution in [0.15, 0.2) is 48.5 Å². The molecular formula is C24H29N3O5. The Labute approximate surface area is 187 Å². The topological polar surface area (TPSA) is 108 Å². The molecule has 2 aromatic rings. The highest BCUT2D eigenvalue weighted by molar-refractivity contribution is 5.89. The lowest BCUT2D eigenvalue weighted by Gasteiger charge is -2.23. The summed E-state index contributed by atoms with van der Waals surface area (Å²) in [4.78, 5) is 38.1. The zero-order valence-corrected chi connectivity index (χ0v) is 18.5. The van der Waals surface area contributed by atoms with E-state index in [0.717, 1.165) is 22.3 Å². The molecule has 0 heterocycles. The summed E-state index contributed by atoms with van der Waals surface area (Å²) in [6.45, 7) is 1.99. The fraction of sp³-hybridized carbons (Fsp3) is 0.375. The number of carbonyl (C=O) groups is 3. The Morgan fingerprint density at radius 3 is 2.03 bits per heavy atom. The van der Waals surface area contributed by atoms with E-state index in [1.807, 2.05) is 36.4 Å². The molecule has 1 aliphatic carbocycles. The van der Waals surface area contributed by atoms with E-state index >= 15 is 0 Å². The van der Waals surface area contributed by atoms with Crippen molar-refractivity contribution in [2.45, 2.75) is 31.3 Å². The average molecular weight is 440 g/mol. The average Bonchev–Trinajstić information content (AvgIpc) is 3.08. The molecule has 2 amide bonds. The van der Waals surface area contributed by atoms with Gasteiger partial charge in [0.2, 0.25) is 5.91 Å². The molecule has 1 aliphatic rings. The molecule has 170 valence electrons. The largest absolute Gasteiger partial charge is 0.480 e. The molecule has 0 radical (unpaired) electrons. The van der Waals surface area contributed by atoms with Crippen LogP contribution in [0.2, 0.25) is 0 Å². The number of ether oxygens (including phenoxy) is 1. The number of carboxylic acids is 1. The number of carbonyl (C=O) groups excluding carboxylic acids is 2. The van der Waals surface area contributed by atoms with Gasteiger partial charge in [0.25, 0.3) is 0 Å². The highest BCUT2D eigenvalue weighted by Crippen LogP contribution is 2.44. The SMILES string of the molecule is CCC(NC(=O)C(CN(C)C)NC(=O)OCC1c2ccccc2-c2ccccc21)C(=O)O. The Morgan fingerprint density at radius 1 is 0.969 bits per heavy atom. The molecule has 0 aromatic heterocycles. The van der Waals surface area contributed by atoms with Gasteiger partial charge in [-0.1, -0.05) is 55.5 Å². The van der Waals surface area contributed by atoms with Gasteiger partial charge in [-0.25, -0.2) is 9.59 Å². The number of benzene rings is 2. The maximum Gasteiger partial charge on any atom is 0.407 e. The lowest BCUT2D eigenvalue weighted by Crippen LogP contribution is -2.55. The van der Waals surface area contributed by atoms with Crippen LogP contribution in [0.3, 0.4) is 0 Å². The van der Waals surface area contributed by atoms with Gasteiger partial charge in [0.05, 0.1) is 0 Å². The third kappa shape index (κ3) is 5.26. The van der Waals surface area contributed by atoms with Gasteiger partial charge < -0.3 is 25.4 Å². The minimum atomic E-state index is -1.12. The van der Waals surface area contributed by atoms with E-state index in [1.54, 1.807) is 25.9 Å². The van der Waals surface area contributed by atoms with Gasteiger partial charge in [0.1, 0.15) is 18.7 Å². The summed E-state index contributed by atoms with van der Waals surface area (Å²) in [5.41, 5.74) is 4.44. The van der Waals surface area contributed by atoms with Crippen molar-refractivity contribution in [2.24, 2.45) is 0 Å². The summed E-state index contributed by atoms with van der Waals surface area (Å²) in [5, 5.41) is 14.2. The highest BCUT2D eigenvalue weighted by Gasteiger charge is 2.30. The van der Waals surface area contributed by atoms with E-state index in [9.17, 15) is 19.5 Å². The highest BCUT2D eigenvalue weighted by atomic mass is 16.5. The van der Waals surface area contributed by atoms with E-state index in [0.29, 0.717) is 0 Å². The Balaban J connectivity index is 1.67. The van der Waals surface area contributed by atoms with E-state index in [1.165, 1.54) is 0 Å². The number of fused-ring (bicyclic) bond motifs is 3. The van der Waals surface area contributed by atoms with Crippen LogP contribution in [-0.4, -0.2) is 67.3 Å². The number of amides is 2. The van der Waals surface area contributed by atoms with Crippen molar-refractivity contribution in [3.8, 4) is 11.1 Å². The maximum atomic E-state index is 12.6. The molecule has 2 aromatic carbocycles. The van der Waals surface area contributed by atoms with Crippen molar-refractivity contribution in [3.05, 3.63) is 59.7 Å². The number of nitrogens with one attached hydrogen (secondary N) is 2. The van der Waals surface area contributed by atoms with Gasteiger partial charge in [0, 0.05) is 12.5 Å². The van der Waals surface area contributed by atoms with Gasteiger partial charge >= 0.3 is 12.1 Å². The van der Waals surface area contributed by atoms with Crippen molar-refractivity contribution in [3.63, 3.8) is 0 Å². The predicted octanol–water partition coefficient (Wildman–Crippen LogP) is 2.43. The molecule has 2 unspecified atom stereocenters. The maximum absolute atomic E-state index is 12.6. The molecule has 0 aliphatic heterocycles. The van der Waals surface area contributed by atoms with Gasteiger partial charge in [-0.05, 0) is 42.8 Å². The van der Waals surface area contributed by atoms with Crippen LogP contribution in [-0.2, 0) is 14.3 Å². The van der Waals surface area contributed by atoms with Crippen LogP contribution in [0.25, 0.3) is 11.1 Å². The van der Waals surface area contributed by atoms with Crippen LogP contribution in [0, 0.1) is 0 Å². The van der Waals surface area contributed by atoms with Gasteiger partial charge in [0.15, 0.2) is 0 Å². The number of likely N-dealkylation sites (N-methyl/N-ethyl adjacent to an activating group) is 1. The molecule has 32 heavy (non-hydrogen) atoms. The van der Waals surface area contributed by atoms with E-state index in [4.69, 9.17) is 4.74 Å². The van der Waals surface area contributed by atoms with Gasteiger partial charge in [-0.15, -0.1) is 0 Å². The first-order valence-corrected chi connectivity index (χ1v) is 10.6. The van der Waals surface area contributed by atoms with E-state index < -0.39 is 30.1 Å². The third-order valence-corrected chi connectivity index (χ3v) is 5.52. The second-order valence-electron chi connectivity index (χ2n) is 8.09. The zero-order valence-electron chi connectivity index (χ0n) is 18.5. The molecule has 0 spiro atoms. The monoisotopic (exact) mass is 439 g/mol. The van der Waals surface area contributed by atoms with Gasteiger partial charge in [-0.3, -0.25) is 4.79 Å². The molecule has 8 heteroatoms. The van der Waals surface area contributed by atoms with E-state index in [2.05, 4.69) is 22.8 Å². The minimum Gasteiger partial charge on any atom is -0.480 e.